The molecule has 1 aromatic heterocycles. The zero-order chi connectivity index (χ0) is 14.8. The quantitative estimate of drug-likeness (QED) is 0.819. The van der Waals surface area contributed by atoms with Crippen molar-refractivity contribution in [3.63, 3.8) is 0 Å². The van der Waals surface area contributed by atoms with Gasteiger partial charge in [-0.05, 0) is 26.0 Å². The first-order valence-corrected chi connectivity index (χ1v) is 8.00. The normalized spacial score (nSPS) is 18.1. The van der Waals surface area contributed by atoms with Crippen molar-refractivity contribution in [3.8, 4) is 6.07 Å². The Bertz CT molecular complexity index is 614. The van der Waals surface area contributed by atoms with Crippen molar-refractivity contribution in [1.29, 1.82) is 5.26 Å². The minimum atomic E-state index is -3.63. The molecule has 2 heterocycles. The summed E-state index contributed by atoms with van der Waals surface area (Å²) in [5, 5.41) is 8.99. The van der Waals surface area contributed by atoms with Crippen molar-refractivity contribution in [1.82, 2.24) is 14.2 Å². The lowest BCUT2D eigenvalue weighted by Crippen LogP contribution is -2.50. The number of nitriles is 1. The summed E-state index contributed by atoms with van der Waals surface area (Å²) in [5.74, 6) is 0. The van der Waals surface area contributed by atoms with Gasteiger partial charge >= 0.3 is 0 Å². The van der Waals surface area contributed by atoms with E-state index in [1.54, 1.807) is 0 Å². The third kappa shape index (κ3) is 2.82. The molecule has 6 nitrogen and oxygen atoms in total. The molecule has 0 N–H and O–H groups in total. The molecule has 0 atom stereocenters. The second kappa shape index (κ2) is 5.87. The van der Waals surface area contributed by atoms with Crippen molar-refractivity contribution in [2.24, 2.45) is 0 Å². The molecule has 1 fully saturated rings. The van der Waals surface area contributed by atoms with Gasteiger partial charge in [0.2, 0.25) is 10.0 Å². The molecule has 0 aromatic carbocycles. The Morgan fingerprint density at radius 1 is 1.30 bits per heavy atom. The summed E-state index contributed by atoms with van der Waals surface area (Å²) in [6.07, 6.45) is 1.42. The summed E-state index contributed by atoms with van der Waals surface area (Å²) in [6, 6.07) is 5.23. The molecular formula is C13H18N4O2S. The highest BCUT2D eigenvalue weighted by Gasteiger charge is 2.31. The van der Waals surface area contributed by atoms with Crippen LogP contribution in [0, 0.1) is 11.3 Å². The zero-order valence-electron chi connectivity index (χ0n) is 11.7. The van der Waals surface area contributed by atoms with E-state index in [9.17, 15) is 8.42 Å². The molecule has 0 bridgehead atoms. The molecular weight excluding hydrogens is 276 g/mol. The van der Waals surface area contributed by atoms with Crippen molar-refractivity contribution in [2.45, 2.75) is 24.8 Å². The van der Waals surface area contributed by atoms with Gasteiger partial charge in [0.15, 0.2) is 5.69 Å². The van der Waals surface area contributed by atoms with Crippen molar-refractivity contribution in [2.75, 3.05) is 26.2 Å². The highest BCUT2D eigenvalue weighted by Crippen LogP contribution is 2.20. The van der Waals surface area contributed by atoms with Crippen molar-refractivity contribution < 1.29 is 8.42 Å². The molecule has 1 aliphatic rings. The number of aromatic nitrogens is 1. The molecule has 0 amide bonds. The van der Waals surface area contributed by atoms with Crippen LogP contribution >= 0.6 is 0 Å². The number of nitrogens with zero attached hydrogens (tertiary/aromatic N) is 4. The van der Waals surface area contributed by atoms with Crippen LogP contribution in [0.5, 0.6) is 0 Å². The topological polar surface area (TPSA) is 77.3 Å². The summed E-state index contributed by atoms with van der Waals surface area (Å²) >= 11 is 0. The summed E-state index contributed by atoms with van der Waals surface area (Å²) in [6.45, 7) is 6.50. The Hall–Kier alpha value is -1.49. The summed E-state index contributed by atoms with van der Waals surface area (Å²) in [7, 11) is -3.63. The van der Waals surface area contributed by atoms with Gasteiger partial charge in [-0.15, -0.1) is 0 Å². The van der Waals surface area contributed by atoms with E-state index >= 15 is 0 Å². The number of pyridine rings is 1. The lowest BCUT2D eigenvalue weighted by Gasteiger charge is -2.36. The summed E-state index contributed by atoms with van der Waals surface area (Å²) in [5.41, 5.74) is -0.0428. The van der Waals surface area contributed by atoms with Crippen LogP contribution in [0.3, 0.4) is 0 Å². The van der Waals surface area contributed by atoms with Crippen LogP contribution in [0.25, 0.3) is 0 Å². The minimum Gasteiger partial charge on any atom is -0.298 e. The molecule has 2 rings (SSSR count). The number of piperazine rings is 1. The number of hydrogen-bond acceptors (Lipinski definition) is 5. The van der Waals surface area contributed by atoms with E-state index in [-0.39, 0.29) is 10.6 Å². The van der Waals surface area contributed by atoms with E-state index in [2.05, 4.69) is 23.7 Å². The SMILES string of the molecule is CC(C)N1CCN(S(=O)(=O)c2cccnc2C#N)CC1. The van der Waals surface area contributed by atoms with Gasteiger partial charge in [0, 0.05) is 38.4 Å². The predicted octanol–water partition coefficient (Wildman–Crippen LogP) is 0.668. The third-order valence-electron chi connectivity index (χ3n) is 3.50. The first-order valence-electron chi connectivity index (χ1n) is 6.56. The van der Waals surface area contributed by atoms with Gasteiger partial charge < -0.3 is 0 Å². The predicted molar refractivity (Wildman–Crippen MR) is 74.4 cm³/mol. The third-order valence-corrected chi connectivity index (χ3v) is 5.43. The fraction of sp³-hybridized carbons (Fsp3) is 0.538. The molecule has 0 saturated carbocycles. The van der Waals surface area contributed by atoms with Crippen LogP contribution in [0.4, 0.5) is 0 Å². The molecule has 0 unspecified atom stereocenters. The van der Waals surface area contributed by atoms with Gasteiger partial charge in [-0.25, -0.2) is 13.4 Å². The average molecular weight is 294 g/mol. The fourth-order valence-electron chi connectivity index (χ4n) is 2.28. The molecule has 1 aromatic rings. The average Bonchev–Trinajstić information content (AvgIpc) is 2.47. The van der Waals surface area contributed by atoms with Gasteiger partial charge in [-0.1, -0.05) is 0 Å². The van der Waals surface area contributed by atoms with Crippen LogP contribution < -0.4 is 0 Å². The first-order chi connectivity index (χ1) is 9.46. The van der Waals surface area contributed by atoms with E-state index in [4.69, 9.17) is 5.26 Å². The molecule has 0 aliphatic carbocycles. The highest BCUT2D eigenvalue weighted by molar-refractivity contribution is 7.89. The standard InChI is InChI=1S/C13H18N4O2S/c1-11(2)16-6-8-17(9-7-16)20(18,19)13-4-3-5-15-12(13)10-14/h3-5,11H,6-9H2,1-2H3. The Kier molecular flexibility index (Phi) is 4.38. The Morgan fingerprint density at radius 3 is 2.50 bits per heavy atom. The van der Waals surface area contributed by atoms with Crippen LogP contribution in [0.15, 0.2) is 23.2 Å². The number of sulfonamides is 1. The van der Waals surface area contributed by atoms with Crippen LogP contribution in [-0.2, 0) is 10.0 Å². The van der Waals surface area contributed by atoms with Crippen LogP contribution in [0.1, 0.15) is 19.5 Å². The van der Waals surface area contributed by atoms with E-state index in [0.29, 0.717) is 32.2 Å². The van der Waals surface area contributed by atoms with Gasteiger partial charge in [0.05, 0.1) is 0 Å². The smallest absolute Gasteiger partial charge is 0.246 e. The molecule has 108 valence electrons. The minimum absolute atomic E-state index is 0.000460. The number of rotatable bonds is 3. The Morgan fingerprint density at radius 2 is 1.95 bits per heavy atom. The van der Waals surface area contributed by atoms with Crippen molar-refractivity contribution >= 4 is 10.0 Å². The fourth-order valence-corrected chi connectivity index (χ4v) is 3.80. The second-order valence-electron chi connectivity index (χ2n) is 5.00. The van der Waals surface area contributed by atoms with Gasteiger partial charge in [0.25, 0.3) is 0 Å². The monoisotopic (exact) mass is 294 g/mol. The molecule has 1 saturated heterocycles. The number of hydrogen-bond donors (Lipinski definition) is 0. The van der Waals surface area contributed by atoms with Gasteiger partial charge in [-0.3, -0.25) is 4.90 Å². The summed E-state index contributed by atoms with van der Waals surface area (Å²) in [4.78, 5) is 6.06. The van der Waals surface area contributed by atoms with Gasteiger partial charge in [-0.2, -0.15) is 9.57 Å². The maximum Gasteiger partial charge on any atom is 0.246 e. The van der Waals surface area contributed by atoms with Crippen molar-refractivity contribution in [3.05, 3.63) is 24.0 Å². The second-order valence-corrected chi connectivity index (χ2v) is 6.90. The highest BCUT2D eigenvalue weighted by atomic mass is 32.2. The Labute approximate surface area is 119 Å². The first kappa shape index (κ1) is 14.9. The maximum absolute atomic E-state index is 12.6. The van der Waals surface area contributed by atoms with Crippen LogP contribution in [-0.4, -0.2) is 54.8 Å². The zero-order valence-corrected chi connectivity index (χ0v) is 12.5. The molecule has 7 heteroatoms. The van der Waals surface area contributed by atoms with E-state index in [0.717, 1.165) is 0 Å². The van der Waals surface area contributed by atoms with E-state index < -0.39 is 10.0 Å². The molecule has 0 radical (unpaired) electrons. The van der Waals surface area contributed by atoms with E-state index in [1.807, 2.05) is 6.07 Å². The maximum atomic E-state index is 12.6. The Balaban J connectivity index is 2.23. The van der Waals surface area contributed by atoms with E-state index in [1.165, 1.54) is 22.6 Å². The van der Waals surface area contributed by atoms with Gasteiger partial charge in [0.1, 0.15) is 11.0 Å². The van der Waals surface area contributed by atoms with Crippen LogP contribution in [0.2, 0.25) is 0 Å². The molecule has 20 heavy (non-hydrogen) atoms. The molecule has 0 spiro atoms. The lowest BCUT2D eigenvalue weighted by molar-refractivity contribution is 0.154. The largest absolute Gasteiger partial charge is 0.298 e. The lowest BCUT2D eigenvalue weighted by atomic mass is 10.3. The molecule has 1 aliphatic heterocycles. The summed E-state index contributed by atoms with van der Waals surface area (Å²) < 4.78 is 26.6.